The fraction of sp³-hybridized carbons (Fsp3) is 0.333. The van der Waals surface area contributed by atoms with Crippen molar-refractivity contribution in [3.8, 4) is 0 Å². The molecule has 1 saturated heterocycles. The van der Waals surface area contributed by atoms with Crippen LogP contribution in [0.1, 0.15) is 36.0 Å². The van der Waals surface area contributed by atoms with Crippen LogP contribution in [0.5, 0.6) is 0 Å². The van der Waals surface area contributed by atoms with E-state index in [1.807, 2.05) is 59.5 Å². The van der Waals surface area contributed by atoms with E-state index >= 15 is 0 Å². The van der Waals surface area contributed by atoms with Crippen molar-refractivity contribution in [2.45, 2.75) is 25.7 Å². The van der Waals surface area contributed by atoms with E-state index in [1.54, 1.807) is 0 Å². The third-order valence-corrected chi connectivity index (χ3v) is 4.82. The molecule has 0 saturated carbocycles. The molecule has 5 heteroatoms. The minimum atomic E-state index is -0.272. The highest BCUT2D eigenvalue weighted by Crippen LogP contribution is 2.26. The van der Waals surface area contributed by atoms with E-state index in [0.29, 0.717) is 24.4 Å². The van der Waals surface area contributed by atoms with Gasteiger partial charge < -0.3 is 16.0 Å². The van der Waals surface area contributed by atoms with Gasteiger partial charge >= 0.3 is 0 Å². The maximum atomic E-state index is 13.1. The van der Waals surface area contributed by atoms with Crippen molar-refractivity contribution in [3.05, 3.63) is 60.2 Å². The van der Waals surface area contributed by atoms with E-state index in [0.717, 1.165) is 37.2 Å². The molecule has 3 N–H and O–H groups in total. The molecule has 136 valence electrons. The number of amides is 2. The van der Waals surface area contributed by atoms with E-state index in [1.165, 1.54) is 0 Å². The Bertz CT molecular complexity index is 761. The Morgan fingerprint density at radius 2 is 1.81 bits per heavy atom. The quantitative estimate of drug-likeness (QED) is 0.836. The van der Waals surface area contributed by atoms with Gasteiger partial charge in [0.25, 0.3) is 5.91 Å². The Morgan fingerprint density at radius 1 is 1.08 bits per heavy atom. The lowest BCUT2D eigenvalue weighted by atomic mass is 9.92. The first kappa shape index (κ1) is 18.0. The van der Waals surface area contributed by atoms with Gasteiger partial charge in [-0.05, 0) is 49.4 Å². The number of anilines is 2. The summed E-state index contributed by atoms with van der Waals surface area (Å²) < 4.78 is 0. The number of likely N-dealkylation sites (tertiary alicyclic amines) is 1. The highest BCUT2D eigenvalue weighted by molar-refractivity contribution is 6.00. The zero-order valence-corrected chi connectivity index (χ0v) is 14.9. The molecule has 0 aromatic heterocycles. The Kier molecular flexibility index (Phi) is 5.89. The third-order valence-electron chi connectivity index (χ3n) is 4.82. The molecule has 0 radical (unpaired) electrons. The van der Waals surface area contributed by atoms with E-state index in [2.05, 4.69) is 5.32 Å². The maximum absolute atomic E-state index is 13.1. The fourth-order valence-corrected chi connectivity index (χ4v) is 3.46. The topological polar surface area (TPSA) is 75.4 Å². The third kappa shape index (κ3) is 4.63. The molecular weight excluding hydrogens is 326 g/mol. The van der Waals surface area contributed by atoms with E-state index in [-0.39, 0.29) is 11.8 Å². The number of rotatable bonds is 6. The summed E-state index contributed by atoms with van der Waals surface area (Å²) in [6.07, 6.45) is 3.15. The SMILES string of the molecule is NC(=O)CCC1CCCN(C(=O)c2ccccc2Nc2ccccc2)C1. The number of nitrogens with zero attached hydrogens (tertiary/aromatic N) is 1. The first-order chi connectivity index (χ1) is 12.6. The highest BCUT2D eigenvalue weighted by Gasteiger charge is 2.26. The van der Waals surface area contributed by atoms with E-state index in [4.69, 9.17) is 5.73 Å². The number of carbonyl (C=O) groups excluding carboxylic acids is 2. The number of nitrogens with one attached hydrogen (secondary N) is 1. The zero-order valence-electron chi connectivity index (χ0n) is 14.9. The Morgan fingerprint density at radius 3 is 2.58 bits per heavy atom. The normalized spacial score (nSPS) is 16.9. The van der Waals surface area contributed by atoms with Crippen LogP contribution in [0.25, 0.3) is 0 Å². The van der Waals surface area contributed by atoms with Gasteiger partial charge in [0.05, 0.1) is 11.3 Å². The van der Waals surface area contributed by atoms with Gasteiger partial charge in [-0.25, -0.2) is 0 Å². The second kappa shape index (κ2) is 8.52. The number of piperidine rings is 1. The van der Waals surface area contributed by atoms with Crippen LogP contribution in [0.4, 0.5) is 11.4 Å². The van der Waals surface area contributed by atoms with Crippen LogP contribution in [0.3, 0.4) is 0 Å². The summed E-state index contributed by atoms with van der Waals surface area (Å²) in [5.41, 5.74) is 7.69. The molecule has 1 heterocycles. The van der Waals surface area contributed by atoms with Crippen molar-refractivity contribution in [2.75, 3.05) is 18.4 Å². The largest absolute Gasteiger partial charge is 0.370 e. The van der Waals surface area contributed by atoms with Crippen molar-refractivity contribution >= 4 is 23.2 Å². The highest BCUT2D eigenvalue weighted by atomic mass is 16.2. The van der Waals surface area contributed by atoms with Gasteiger partial charge in [-0.15, -0.1) is 0 Å². The molecule has 1 fully saturated rings. The Balaban J connectivity index is 1.72. The average molecular weight is 351 g/mol. The van der Waals surface area contributed by atoms with Gasteiger partial charge in [0.15, 0.2) is 0 Å². The summed E-state index contributed by atoms with van der Waals surface area (Å²) >= 11 is 0. The molecule has 1 unspecified atom stereocenters. The molecule has 5 nitrogen and oxygen atoms in total. The van der Waals surface area contributed by atoms with Crippen molar-refractivity contribution in [1.82, 2.24) is 4.90 Å². The summed E-state index contributed by atoms with van der Waals surface area (Å²) in [5.74, 6) is 0.105. The maximum Gasteiger partial charge on any atom is 0.255 e. The van der Waals surface area contributed by atoms with Gasteiger partial charge in [-0.3, -0.25) is 9.59 Å². The van der Waals surface area contributed by atoms with E-state index < -0.39 is 0 Å². The summed E-state index contributed by atoms with van der Waals surface area (Å²) in [6.45, 7) is 1.44. The number of hydrogen-bond donors (Lipinski definition) is 2. The van der Waals surface area contributed by atoms with Crippen LogP contribution >= 0.6 is 0 Å². The molecule has 1 aliphatic rings. The molecule has 3 rings (SSSR count). The number of para-hydroxylation sites is 2. The molecule has 0 spiro atoms. The molecule has 2 amide bonds. The van der Waals surface area contributed by atoms with Gasteiger partial charge in [-0.1, -0.05) is 30.3 Å². The number of hydrogen-bond acceptors (Lipinski definition) is 3. The van der Waals surface area contributed by atoms with Crippen molar-refractivity contribution in [3.63, 3.8) is 0 Å². The first-order valence-electron chi connectivity index (χ1n) is 9.12. The predicted molar refractivity (Wildman–Crippen MR) is 103 cm³/mol. The number of primary amides is 1. The Hall–Kier alpha value is -2.82. The summed E-state index contributed by atoms with van der Waals surface area (Å²) in [5, 5.41) is 3.34. The molecule has 0 bridgehead atoms. The van der Waals surface area contributed by atoms with Crippen LogP contribution in [0.15, 0.2) is 54.6 Å². The number of benzene rings is 2. The molecule has 26 heavy (non-hydrogen) atoms. The van der Waals surface area contributed by atoms with Crippen LogP contribution in [-0.2, 0) is 4.79 Å². The second-order valence-electron chi connectivity index (χ2n) is 6.80. The second-order valence-corrected chi connectivity index (χ2v) is 6.80. The summed E-state index contributed by atoms with van der Waals surface area (Å²) in [4.78, 5) is 26.0. The first-order valence-corrected chi connectivity index (χ1v) is 9.12. The lowest BCUT2D eigenvalue weighted by Gasteiger charge is -2.33. The molecule has 1 aliphatic heterocycles. The van der Waals surface area contributed by atoms with Crippen LogP contribution in [0.2, 0.25) is 0 Å². The van der Waals surface area contributed by atoms with Crippen molar-refractivity contribution in [2.24, 2.45) is 11.7 Å². The molecule has 2 aromatic rings. The van der Waals surface area contributed by atoms with Gasteiger partial charge in [-0.2, -0.15) is 0 Å². The van der Waals surface area contributed by atoms with Gasteiger partial charge in [0, 0.05) is 25.2 Å². The van der Waals surface area contributed by atoms with Gasteiger partial charge in [0.1, 0.15) is 0 Å². The van der Waals surface area contributed by atoms with Crippen LogP contribution < -0.4 is 11.1 Å². The molecule has 2 aromatic carbocycles. The Labute approximate surface area is 154 Å². The van der Waals surface area contributed by atoms with Crippen LogP contribution in [0, 0.1) is 5.92 Å². The van der Waals surface area contributed by atoms with Gasteiger partial charge in [0.2, 0.25) is 5.91 Å². The summed E-state index contributed by atoms with van der Waals surface area (Å²) in [7, 11) is 0. The minimum absolute atomic E-state index is 0.0350. The lowest BCUT2D eigenvalue weighted by Crippen LogP contribution is -2.40. The van der Waals surface area contributed by atoms with Crippen LogP contribution in [-0.4, -0.2) is 29.8 Å². The fourth-order valence-electron chi connectivity index (χ4n) is 3.46. The molecular formula is C21H25N3O2. The number of carbonyl (C=O) groups is 2. The monoisotopic (exact) mass is 351 g/mol. The predicted octanol–water partition coefficient (Wildman–Crippen LogP) is 3.55. The molecule has 0 aliphatic carbocycles. The van der Waals surface area contributed by atoms with Crippen molar-refractivity contribution < 1.29 is 9.59 Å². The molecule has 1 atom stereocenters. The standard InChI is InChI=1S/C21H25N3O2/c22-20(25)13-12-16-7-6-14-24(15-16)21(26)18-10-4-5-11-19(18)23-17-8-2-1-3-9-17/h1-5,8-11,16,23H,6-7,12-15H2,(H2,22,25). The smallest absolute Gasteiger partial charge is 0.255 e. The van der Waals surface area contributed by atoms with Crippen molar-refractivity contribution in [1.29, 1.82) is 0 Å². The zero-order chi connectivity index (χ0) is 18.4. The number of nitrogens with two attached hydrogens (primary N) is 1. The van der Waals surface area contributed by atoms with E-state index in [9.17, 15) is 9.59 Å². The lowest BCUT2D eigenvalue weighted by molar-refractivity contribution is -0.118. The minimum Gasteiger partial charge on any atom is -0.370 e. The summed E-state index contributed by atoms with van der Waals surface area (Å²) in [6, 6.07) is 17.4. The average Bonchev–Trinajstić information content (AvgIpc) is 2.67.